The first-order valence-corrected chi connectivity index (χ1v) is 8.99. The Morgan fingerprint density at radius 2 is 1.74 bits per heavy atom. The maximum atomic E-state index is 12.1. The second-order valence-electron chi connectivity index (χ2n) is 5.86. The third-order valence-electron chi connectivity index (χ3n) is 3.99. The van der Waals surface area contributed by atoms with Gasteiger partial charge in [0, 0.05) is 25.7 Å². The van der Waals surface area contributed by atoms with Crippen molar-refractivity contribution in [3.63, 3.8) is 0 Å². The third-order valence-corrected chi connectivity index (χ3v) is 5.63. The molecule has 0 heterocycles. The lowest BCUT2D eigenvalue weighted by Crippen LogP contribution is -2.45. The summed E-state index contributed by atoms with van der Waals surface area (Å²) in [4.78, 5) is 0. The Morgan fingerprint density at radius 1 is 1.05 bits per heavy atom. The Kier molecular flexibility index (Phi) is 5.62. The number of nitrogens with one attached hydrogen (secondary N) is 2. The molecule has 2 aliphatic carbocycles. The fraction of sp³-hybridized carbons (Fsp3) is 1.00. The minimum atomic E-state index is -3.29. The van der Waals surface area contributed by atoms with E-state index in [-0.39, 0.29) is 6.04 Å². The number of nitrogens with zero attached hydrogens (tertiary/aromatic N) is 1. The first kappa shape index (κ1) is 15.2. The van der Waals surface area contributed by atoms with Gasteiger partial charge in [-0.25, -0.2) is 0 Å². The molecule has 6 heteroatoms. The van der Waals surface area contributed by atoms with Crippen LogP contribution in [0.2, 0.25) is 0 Å². The van der Waals surface area contributed by atoms with E-state index in [9.17, 15) is 8.42 Å². The van der Waals surface area contributed by atoms with E-state index < -0.39 is 10.2 Å². The molecule has 2 rings (SSSR count). The first-order valence-electron chi connectivity index (χ1n) is 7.55. The Balaban J connectivity index is 1.67. The fourth-order valence-corrected chi connectivity index (χ4v) is 3.74. The molecule has 0 atom stereocenters. The van der Waals surface area contributed by atoms with Crippen LogP contribution in [0.1, 0.15) is 51.4 Å². The number of hydrogen-bond acceptors (Lipinski definition) is 3. The van der Waals surface area contributed by atoms with Gasteiger partial charge in [-0.2, -0.15) is 17.4 Å². The van der Waals surface area contributed by atoms with Crippen LogP contribution in [0.4, 0.5) is 0 Å². The van der Waals surface area contributed by atoms with Crippen LogP contribution < -0.4 is 10.0 Å². The van der Waals surface area contributed by atoms with Gasteiger partial charge in [0.05, 0.1) is 0 Å². The largest absolute Gasteiger partial charge is 0.314 e. The van der Waals surface area contributed by atoms with E-state index in [2.05, 4.69) is 10.0 Å². The average Bonchev–Trinajstić information content (AvgIpc) is 3.19. The van der Waals surface area contributed by atoms with E-state index in [1.165, 1.54) is 23.6 Å². The molecule has 0 amide bonds. The van der Waals surface area contributed by atoms with Crippen molar-refractivity contribution in [3.8, 4) is 0 Å². The molecule has 2 fully saturated rings. The summed E-state index contributed by atoms with van der Waals surface area (Å²) in [6.45, 7) is 1.50. The Hall–Kier alpha value is -0.170. The smallest absolute Gasteiger partial charge is 0.279 e. The molecule has 0 spiro atoms. The molecule has 0 aromatic rings. The summed E-state index contributed by atoms with van der Waals surface area (Å²) < 4.78 is 28.6. The van der Waals surface area contributed by atoms with Crippen LogP contribution in [0.5, 0.6) is 0 Å². The van der Waals surface area contributed by atoms with Gasteiger partial charge in [0.2, 0.25) is 0 Å². The van der Waals surface area contributed by atoms with E-state index >= 15 is 0 Å². The molecule has 0 bridgehead atoms. The molecule has 0 radical (unpaired) electrons. The topological polar surface area (TPSA) is 61.4 Å². The highest BCUT2D eigenvalue weighted by molar-refractivity contribution is 7.87. The third kappa shape index (κ3) is 5.38. The zero-order valence-corrected chi connectivity index (χ0v) is 12.7. The van der Waals surface area contributed by atoms with Gasteiger partial charge >= 0.3 is 0 Å². The van der Waals surface area contributed by atoms with Gasteiger partial charge in [0.25, 0.3) is 10.2 Å². The minimum Gasteiger partial charge on any atom is -0.314 e. The fourth-order valence-electron chi connectivity index (χ4n) is 2.54. The van der Waals surface area contributed by atoms with Crippen molar-refractivity contribution in [2.24, 2.45) is 0 Å². The lowest BCUT2D eigenvalue weighted by molar-refractivity contribution is 0.388. The van der Waals surface area contributed by atoms with Crippen LogP contribution in [-0.4, -0.2) is 44.9 Å². The molecule has 19 heavy (non-hydrogen) atoms. The van der Waals surface area contributed by atoms with Gasteiger partial charge in [-0.05, 0) is 38.6 Å². The van der Waals surface area contributed by atoms with E-state index in [0.717, 1.165) is 38.6 Å². The molecular formula is C13H27N3O2S. The van der Waals surface area contributed by atoms with Crippen LogP contribution in [0.15, 0.2) is 0 Å². The van der Waals surface area contributed by atoms with Gasteiger partial charge in [-0.15, -0.1) is 0 Å². The highest BCUT2D eigenvalue weighted by atomic mass is 32.2. The van der Waals surface area contributed by atoms with Crippen molar-refractivity contribution >= 4 is 10.2 Å². The Morgan fingerprint density at radius 3 is 2.37 bits per heavy atom. The Bertz CT molecular complexity index is 362. The van der Waals surface area contributed by atoms with Gasteiger partial charge in [-0.1, -0.05) is 19.3 Å². The zero-order valence-electron chi connectivity index (χ0n) is 11.9. The molecule has 2 N–H and O–H groups in total. The quantitative estimate of drug-likeness (QED) is 0.661. The number of hydrogen-bond donors (Lipinski definition) is 2. The van der Waals surface area contributed by atoms with E-state index in [1.54, 1.807) is 7.05 Å². The minimum absolute atomic E-state index is 0.144. The molecule has 0 aromatic heterocycles. The summed E-state index contributed by atoms with van der Waals surface area (Å²) >= 11 is 0. The van der Waals surface area contributed by atoms with Crippen LogP contribution in [-0.2, 0) is 10.2 Å². The lowest BCUT2D eigenvalue weighted by Gasteiger charge is -2.25. The monoisotopic (exact) mass is 289 g/mol. The SMILES string of the molecule is CN(CCCNC1CC1)S(=O)(=O)NC1CCCCC1. The molecule has 2 saturated carbocycles. The summed E-state index contributed by atoms with van der Waals surface area (Å²) in [5.41, 5.74) is 0. The van der Waals surface area contributed by atoms with Crippen LogP contribution >= 0.6 is 0 Å². The predicted octanol–water partition coefficient (Wildman–Crippen LogP) is 1.23. The second kappa shape index (κ2) is 7.02. The van der Waals surface area contributed by atoms with Crippen molar-refractivity contribution in [1.29, 1.82) is 0 Å². The molecule has 0 aliphatic heterocycles. The van der Waals surface area contributed by atoms with Crippen molar-refractivity contribution in [2.45, 2.75) is 63.5 Å². The van der Waals surface area contributed by atoms with Crippen LogP contribution in [0.3, 0.4) is 0 Å². The summed E-state index contributed by atoms with van der Waals surface area (Å²) in [7, 11) is -1.62. The molecule has 0 saturated heterocycles. The van der Waals surface area contributed by atoms with Gasteiger partial charge in [-0.3, -0.25) is 0 Å². The normalized spacial score (nSPS) is 22.0. The number of rotatable bonds is 8. The molecule has 112 valence electrons. The Labute approximate surface area is 117 Å². The standard InChI is InChI=1S/C13H27N3O2S/c1-16(11-5-10-14-12-8-9-12)19(17,18)15-13-6-3-2-4-7-13/h12-15H,2-11H2,1H3. The van der Waals surface area contributed by atoms with Gasteiger partial charge < -0.3 is 5.32 Å². The van der Waals surface area contributed by atoms with Crippen molar-refractivity contribution < 1.29 is 8.42 Å². The van der Waals surface area contributed by atoms with Crippen LogP contribution in [0.25, 0.3) is 0 Å². The predicted molar refractivity (Wildman–Crippen MR) is 77.2 cm³/mol. The maximum Gasteiger partial charge on any atom is 0.279 e. The molecule has 0 unspecified atom stereocenters. The van der Waals surface area contributed by atoms with Crippen molar-refractivity contribution in [1.82, 2.24) is 14.3 Å². The maximum absolute atomic E-state index is 12.1. The summed E-state index contributed by atoms with van der Waals surface area (Å²) in [5, 5.41) is 3.40. The van der Waals surface area contributed by atoms with E-state index in [0.29, 0.717) is 12.6 Å². The van der Waals surface area contributed by atoms with Gasteiger partial charge in [0.1, 0.15) is 0 Å². The van der Waals surface area contributed by atoms with Crippen LogP contribution in [0, 0.1) is 0 Å². The van der Waals surface area contributed by atoms with E-state index in [1.807, 2.05) is 0 Å². The highest BCUT2D eigenvalue weighted by Crippen LogP contribution is 2.19. The summed E-state index contributed by atoms with van der Waals surface area (Å²) in [6, 6.07) is 0.841. The van der Waals surface area contributed by atoms with E-state index in [4.69, 9.17) is 0 Å². The molecular weight excluding hydrogens is 262 g/mol. The lowest BCUT2D eigenvalue weighted by atomic mass is 9.96. The molecule has 0 aromatic carbocycles. The molecule has 2 aliphatic rings. The van der Waals surface area contributed by atoms with Gasteiger partial charge in [0.15, 0.2) is 0 Å². The zero-order chi connectivity index (χ0) is 13.7. The van der Waals surface area contributed by atoms with Crippen molar-refractivity contribution in [2.75, 3.05) is 20.1 Å². The van der Waals surface area contributed by atoms with Crippen molar-refractivity contribution in [3.05, 3.63) is 0 Å². The highest BCUT2D eigenvalue weighted by Gasteiger charge is 2.24. The second-order valence-corrected chi connectivity index (χ2v) is 7.67. The average molecular weight is 289 g/mol. The molecule has 5 nitrogen and oxygen atoms in total. The summed E-state index contributed by atoms with van der Waals surface area (Å²) in [6.07, 6.45) is 8.91. The summed E-state index contributed by atoms with van der Waals surface area (Å²) in [5.74, 6) is 0. The first-order chi connectivity index (χ1) is 9.08.